The van der Waals surface area contributed by atoms with Gasteiger partial charge in [-0.05, 0) is 43.3 Å². The zero-order valence-electron chi connectivity index (χ0n) is 22.3. The summed E-state index contributed by atoms with van der Waals surface area (Å²) in [5.74, 6) is 2.95. The summed E-state index contributed by atoms with van der Waals surface area (Å²) < 4.78 is 23.8. The van der Waals surface area contributed by atoms with Crippen LogP contribution in [0.3, 0.4) is 0 Å². The number of amides is 1. The molecule has 2 heterocycles. The van der Waals surface area contributed by atoms with Gasteiger partial charge in [0.05, 0.1) is 45.3 Å². The second-order valence-electron chi connectivity index (χ2n) is 8.73. The number of benzene rings is 3. The molecule has 3 aromatic carbocycles. The normalized spacial score (nSPS) is 14.2. The molecule has 0 saturated carbocycles. The number of para-hydroxylation sites is 3. The molecule has 1 amide bonds. The van der Waals surface area contributed by atoms with Gasteiger partial charge in [0.1, 0.15) is 29.0 Å². The van der Waals surface area contributed by atoms with Gasteiger partial charge in [0.15, 0.2) is 5.82 Å². The molecule has 0 spiro atoms. The Kier molecular flexibility index (Phi) is 7.09. The third-order valence-corrected chi connectivity index (χ3v) is 6.54. The maximum atomic E-state index is 13.9. The lowest BCUT2D eigenvalue weighted by Crippen LogP contribution is -2.31. The molecule has 200 valence electrons. The van der Waals surface area contributed by atoms with Crippen LogP contribution in [0.25, 0.3) is 11.4 Å². The van der Waals surface area contributed by atoms with E-state index in [1.807, 2.05) is 55.5 Å². The van der Waals surface area contributed by atoms with E-state index >= 15 is 0 Å². The summed E-state index contributed by atoms with van der Waals surface area (Å²) in [4.78, 5) is 18.7. The lowest BCUT2D eigenvalue weighted by molar-refractivity contribution is -0.113. The van der Waals surface area contributed by atoms with Crippen molar-refractivity contribution in [2.75, 3.05) is 39.1 Å². The Morgan fingerprint density at radius 2 is 1.56 bits per heavy atom. The molecule has 0 radical (unpaired) electrons. The topological polar surface area (TPSA) is 109 Å². The Morgan fingerprint density at radius 1 is 0.872 bits per heavy atom. The van der Waals surface area contributed by atoms with Crippen LogP contribution in [0.4, 0.5) is 11.6 Å². The highest BCUT2D eigenvalue weighted by Crippen LogP contribution is 2.42. The second-order valence-corrected chi connectivity index (χ2v) is 8.73. The molecule has 1 atom stereocenters. The van der Waals surface area contributed by atoms with Crippen LogP contribution in [0.1, 0.15) is 18.5 Å². The Morgan fingerprint density at radius 3 is 2.28 bits per heavy atom. The molecular formula is C29H29N5O5. The molecule has 1 aliphatic rings. The molecule has 5 rings (SSSR count). The highest BCUT2D eigenvalue weighted by atomic mass is 16.5. The number of ether oxygens (including phenoxy) is 4. The lowest BCUT2D eigenvalue weighted by atomic mass is 9.94. The van der Waals surface area contributed by atoms with Crippen LogP contribution >= 0.6 is 0 Å². The molecule has 1 unspecified atom stereocenters. The fourth-order valence-corrected chi connectivity index (χ4v) is 4.66. The largest absolute Gasteiger partial charge is 0.497 e. The second kappa shape index (κ2) is 10.8. The van der Waals surface area contributed by atoms with Gasteiger partial charge in [0.2, 0.25) is 5.95 Å². The number of fused-ring (bicyclic) bond motifs is 1. The standard InChI is InChI=1S/C29H29N5O5/c1-17-25(28(35)31-21-11-7-9-13-23(21)38-4)26(19-15-14-18(36-2)16-24(19)39-5)34-29(30-17)32-27(33-34)20-10-6-8-12-22(20)37-3/h6-16,26H,1-5H3,(H,31,35)(H,30,32,33). The summed E-state index contributed by atoms with van der Waals surface area (Å²) in [6.07, 6.45) is 0. The van der Waals surface area contributed by atoms with Crippen molar-refractivity contribution in [1.82, 2.24) is 14.8 Å². The van der Waals surface area contributed by atoms with Crippen molar-refractivity contribution >= 4 is 17.5 Å². The van der Waals surface area contributed by atoms with Gasteiger partial charge in [0, 0.05) is 17.3 Å². The number of rotatable bonds is 8. The summed E-state index contributed by atoms with van der Waals surface area (Å²) in [6, 6.07) is 19.5. The maximum Gasteiger partial charge on any atom is 0.255 e. The molecule has 10 nitrogen and oxygen atoms in total. The van der Waals surface area contributed by atoms with Crippen molar-refractivity contribution in [3.8, 4) is 34.4 Å². The molecule has 0 saturated heterocycles. The van der Waals surface area contributed by atoms with Crippen molar-refractivity contribution in [3.05, 3.63) is 83.6 Å². The Bertz CT molecular complexity index is 1560. The van der Waals surface area contributed by atoms with Gasteiger partial charge in [-0.15, -0.1) is 5.10 Å². The molecule has 4 aromatic rings. The Labute approximate surface area is 226 Å². The first kappa shape index (κ1) is 25.7. The third-order valence-electron chi connectivity index (χ3n) is 6.54. The summed E-state index contributed by atoms with van der Waals surface area (Å²) in [6.45, 7) is 1.83. The molecule has 0 fully saturated rings. The summed E-state index contributed by atoms with van der Waals surface area (Å²) in [5.41, 5.74) is 3.04. The van der Waals surface area contributed by atoms with E-state index in [1.54, 1.807) is 51.3 Å². The van der Waals surface area contributed by atoms with Gasteiger partial charge < -0.3 is 29.6 Å². The molecule has 0 bridgehead atoms. The third kappa shape index (κ3) is 4.72. The number of anilines is 2. The van der Waals surface area contributed by atoms with E-state index in [9.17, 15) is 4.79 Å². The van der Waals surface area contributed by atoms with Crippen molar-refractivity contribution in [3.63, 3.8) is 0 Å². The van der Waals surface area contributed by atoms with E-state index in [0.717, 1.165) is 5.56 Å². The number of nitrogens with zero attached hydrogens (tertiary/aromatic N) is 3. The maximum absolute atomic E-state index is 13.9. The number of carbonyl (C=O) groups is 1. The van der Waals surface area contributed by atoms with Crippen LogP contribution in [-0.2, 0) is 4.79 Å². The van der Waals surface area contributed by atoms with Gasteiger partial charge in [-0.1, -0.05) is 24.3 Å². The summed E-state index contributed by atoms with van der Waals surface area (Å²) in [5, 5.41) is 11.1. The van der Waals surface area contributed by atoms with E-state index in [4.69, 9.17) is 29.0 Å². The monoisotopic (exact) mass is 527 g/mol. The number of allylic oxidation sites excluding steroid dienone is 1. The van der Waals surface area contributed by atoms with Gasteiger partial charge in [-0.2, -0.15) is 4.98 Å². The molecular weight excluding hydrogens is 498 g/mol. The molecule has 1 aromatic heterocycles. The molecule has 0 aliphatic carbocycles. The summed E-state index contributed by atoms with van der Waals surface area (Å²) >= 11 is 0. The Balaban J connectivity index is 1.66. The van der Waals surface area contributed by atoms with Gasteiger partial charge in [-0.3, -0.25) is 4.79 Å². The lowest BCUT2D eigenvalue weighted by Gasteiger charge is -2.29. The predicted molar refractivity (Wildman–Crippen MR) is 148 cm³/mol. The van der Waals surface area contributed by atoms with E-state index < -0.39 is 6.04 Å². The smallest absolute Gasteiger partial charge is 0.255 e. The van der Waals surface area contributed by atoms with Crippen LogP contribution < -0.4 is 29.6 Å². The van der Waals surface area contributed by atoms with Crippen molar-refractivity contribution < 1.29 is 23.7 Å². The fourth-order valence-electron chi connectivity index (χ4n) is 4.66. The van der Waals surface area contributed by atoms with Crippen molar-refractivity contribution in [2.24, 2.45) is 0 Å². The fraction of sp³-hybridized carbons (Fsp3) is 0.207. The molecule has 1 aliphatic heterocycles. The van der Waals surface area contributed by atoms with Crippen molar-refractivity contribution in [2.45, 2.75) is 13.0 Å². The van der Waals surface area contributed by atoms with E-state index in [-0.39, 0.29) is 5.91 Å². The zero-order valence-corrected chi connectivity index (χ0v) is 22.3. The number of hydrogen-bond acceptors (Lipinski definition) is 8. The minimum Gasteiger partial charge on any atom is -0.497 e. The quantitative estimate of drug-likeness (QED) is 0.333. The molecule has 39 heavy (non-hydrogen) atoms. The van der Waals surface area contributed by atoms with Gasteiger partial charge >= 0.3 is 0 Å². The highest BCUT2D eigenvalue weighted by Gasteiger charge is 2.36. The number of aromatic nitrogens is 3. The van der Waals surface area contributed by atoms with Crippen LogP contribution in [0.2, 0.25) is 0 Å². The first-order valence-corrected chi connectivity index (χ1v) is 12.2. The summed E-state index contributed by atoms with van der Waals surface area (Å²) in [7, 11) is 6.32. The first-order valence-electron chi connectivity index (χ1n) is 12.2. The van der Waals surface area contributed by atoms with Crippen LogP contribution in [0.15, 0.2) is 78.0 Å². The molecule has 2 N–H and O–H groups in total. The van der Waals surface area contributed by atoms with E-state index in [1.165, 1.54) is 0 Å². The number of methoxy groups -OCH3 is 4. The predicted octanol–water partition coefficient (Wildman–Crippen LogP) is 4.91. The van der Waals surface area contributed by atoms with Crippen LogP contribution in [0.5, 0.6) is 23.0 Å². The van der Waals surface area contributed by atoms with Crippen molar-refractivity contribution in [1.29, 1.82) is 0 Å². The van der Waals surface area contributed by atoms with E-state index in [2.05, 4.69) is 10.6 Å². The first-order chi connectivity index (χ1) is 19.0. The minimum absolute atomic E-state index is 0.327. The Hall–Kier alpha value is -4.99. The van der Waals surface area contributed by atoms with Crippen LogP contribution in [-0.4, -0.2) is 49.1 Å². The van der Waals surface area contributed by atoms with E-state index in [0.29, 0.717) is 57.3 Å². The van der Waals surface area contributed by atoms with Gasteiger partial charge in [0.25, 0.3) is 5.91 Å². The van der Waals surface area contributed by atoms with Gasteiger partial charge in [-0.25, -0.2) is 4.68 Å². The minimum atomic E-state index is -0.673. The number of nitrogens with one attached hydrogen (secondary N) is 2. The zero-order chi connectivity index (χ0) is 27.5. The SMILES string of the molecule is COc1ccc(C2C(C(=O)Nc3ccccc3OC)=C(C)Nc3nc(-c4ccccc4OC)nn32)c(OC)c1. The average Bonchev–Trinajstić information content (AvgIpc) is 3.39. The molecule has 10 heteroatoms. The highest BCUT2D eigenvalue weighted by molar-refractivity contribution is 6.06. The number of hydrogen-bond donors (Lipinski definition) is 2. The average molecular weight is 528 g/mol. The number of carbonyl (C=O) groups excluding carboxylic acids is 1. The van der Waals surface area contributed by atoms with Crippen LogP contribution in [0, 0.1) is 0 Å².